The van der Waals surface area contributed by atoms with Crippen LogP contribution in [0.25, 0.3) is 0 Å². The van der Waals surface area contributed by atoms with Crippen LogP contribution in [-0.2, 0) is 17.8 Å². The van der Waals surface area contributed by atoms with E-state index in [1.165, 1.54) is 11.1 Å². The van der Waals surface area contributed by atoms with Crippen molar-refractivity contribution in [2.75, 3.05) is 5.32 Å². The normalized spacial score (nSPS) is 17.1. The van der Waals surface area contributed by atoms with Gasteiger partial charge in [-0.25, -0.2) is 0 Å². The maximum Gasteiger partial charge on any atom is 0.241 e. The number of fused-ring (bicyclic) bond motifs is 1. The van der Waals surface area contributed by atoms with Gasteiger partial charge in [0, 0.05) is 16.7 Å². The number of nitrogens with one attached hydrogen (secondary N) is 2. The number of amides is 1. The van der Waals surface area contributed by atoms with Crippen molar-refractivity contribution in [2.24, 2.45) is 0 Å². The Labute approximate surface area is 132 Å². The summed E-state index contributed by atoms with van der Waals surface area (Å²) in [6, 6.07) is 13.9. The van der Waals surface area contributed by atoms with Gasteiger partial charge in [0.1, 0.15) is 0 Å². The fourth-order valence-electron chi connectivity index (χ4n) is 2.60. The molecular formula is C17H17BrN2O. The fraction of sp³-hybridized carbons (Fsp3) is 0.235. The number of carbonyl (C=O) groups excluding carboxylic acids is 1. The average Bonchev–Trinajstić information content (AvgIpc) is 2.51. The SMILES string of the molecule is Cc1c(Br)cccc1NC(=O)[C@H]1Cc2ccccc2CN1. The van der Waals surface area contributed by atoms with Crippen molar-refractivity contribution in [1.82, 2.24) is 5.32 Å². The molecular weight excluding hydrogens is 328 g/mol. The predicted octanol–water partition coefficient (Wildman–Crippen LogP) is 3.41. The standard InChI is InChI=1S/C17H17BrN2O/c1-11-14(18)7-4-8-15(11)20-17(21)16-9-12-5-2-3-6-13(12)10-19-16/h2-8,16,19H,9-10H2,1H3,(H,20,21)/t16-/m1/s1. The molecule has 0 spiro atoms. The van der Waals surface area contributed by atoms with E-state index in [0.29, 0.717) is 0 Å². The first-order valence-corrected chi connectivity index (χ1v) is 7.80. The molecule has 0 saturated heterocycles. The highest BCUT2D eigenvalue weighted by Crippen LogP contribution is 2.24. The Kier molecular flexibility index (Phi) is 4.08. The summed E-state index contributed by atoms with van der Waals surface area (Å²) in [6.07, 6.45) is 0.731. The van der Waals surface area contributed by atoms with E-state index < -0.39 is 0 Å². The first-order valence-electron chi connectivity index (χ1n) is 7.01. The Bertz CT molecular complexity index is 684. The van der Waals surface area contributed by atoms with Crippen LogP contribution in [0.2, 0.25) is 0 Å². The zero-order chi connectivity index (χ0) is 14.8. The minimum Gasteiger partial charge on any atom is -0.324 e. The van der Waals surface area contributed by atoms with E-state index in [4.69, 9.17) is 0 Å². The lowest BCUT2D eigenvalue weighted by atomic mass is 9.95. The van der Waals surface area contributed by atoms with Crippen LogP contribution in [0.4, 0.5) is 5.69 Å². The molecule has 0 unspecified atom stereocenters. The molecule has 0 aliphatic carbocycles. The molecule has 2 aromatic carbocycles. The van der Waals surface area contributed by atoms with E-state index in [1.807, 2.05) is 37.3 Å². The minimum absolute atomic E-state index is 0.0192. The third-order valence-electron chi connectivity index (χ3n) is 3.92. The summed E-state index contributed by atoms with van der Waals surface area (Å²) >= 11 is 3.49. The number of hydrogen-bond donors (Lipinski definition) is 2. The summed E-state index contributed by atoms with van der Waals surface area (Å²) in [7, 11) is 0. The van der Waals surface area contributed by atoms with Crippen LogP contribution in [0.1, 0.15) is 16.7 Å². The lowest BCUT2D eigenvalue weighted by Crippen LogP contribution is -2.44. The van der Waals surface area contributed by atoms with Gasteiger partial charge in [0.2, 0.25) is 5.91 Å². The minimum atomic E-state index is -0.182. The van der Waals surface area contributed by atoms with Crippen LogP contribution >= 0.6 is 15.9 Å². The Balaban J connectivity index is 1.74. The van der Waals surface area contributed by atoms with Gasteiger partial charge in [-0.05, 0) is 42.2 Å². The van der Waals surface area contributed by atoms with E-state index in [0.717, 1.165) is 28.7 Å². The maximum atomic E-state index is 12.5. The van der Waals surface area contributed by atoms with Crippen molar-refractivity contribution in [3.8, 4) is 0 Å². The Hall–Kier alpha value is -1.65. The highest BCUT2D eigenvalue weighted by atomic mass is 79.9. The Morgan fingerprint density at radius 2 is 1.95 bits per heavy atom. The number of halogens is 1. The molecule has 4 heteroatoms. The number of anilines is 1. The third-order valence-corrected chi connectivity index (χ3v) is 4.78. The van der Waals surface area contributed by atoms with Crippen molar-refractivity contribution in [3.05, 3.63) is 63.6 Å². The zero-order valence-corrected chi connectivity index (χ0v) is 13.4. The van der Waals surface area contributed by atoms with E-state index in [9.17, 15) is 4.79 Å². The summed E-state index contributed by atoms with van der Waals surface area (Å²) < 4.78 is 1.00. The monoisotopic (exact) mass is 344 g/mol. The van der Waals surface area contributed by atoms with Gasteiger partial charge in [-0.2, -0.15) is 0 Å². The predicted molar refractivity (Wildman–Crippen MR) is 88.3 cm³/mol. The molecule has 1 heterocycles. The quantitative estimate of drug-likeness (QED) is 0.876. The van der Waals surface area contributed by atoms with Crippen LogP contribution in [-0.4, -0.2) is 11.9 Å². The third kappa shape index (κ3) is 3.01. The topological polar surface area (TPSA) is 41.1 Å². The van der Waals surface area contributed by atoms with Crippen LogP contribution < -0.4 is 10.6 Å². The zero-order valence-electron chi connectivity index (χ0n) is 11.8. The highest BCUT2D eigenvalue weighted by Gasteiger charge is 2.24. The van der Waals surface area contributed by atoms with Gasteiger partial charge in [-0.3, -0.25) is 4.79 Å². The Morgan fingerprint density at radius 3 is 2.76 bits per heavy atom. The summed E-state index contributed by atoms with van der Waals surface area (Å²) in [5.41, 5.74) is 4.43. The first kappa shape index (κ1) is 14.3. The van der Waals surface area contributed by atoms with Gasteiger partial charge in [0.15, 0.2) is 0 Å². The van der Waals surface area contributed by atoms with Gasteiger partial charge in [0.05, 0.1) is 6.04 Å². The van der Waals surface area contributed by atoms with Crippen LogP contribution in [0.3, 0.4) is 0 Å². The molecule has 1 aliphatic heterocycles. The second-order valence-corrected chi connectivity index (χ2v) is 6.16. The summed E-state index contributed by atoms with van der Waals surface area (Å²) in [5, 5.41) is 6.33. The molecule has 0 radical (unpaired) electrons. The number of benzene rings is 2. The van der Waals surface area contributed by atoms with Crippen molar-refractivity contribution >= 4 is 27.5 Å². The van der Waals surface area contributed by atoms with Crippen molar-refractivity contribution in [2.45, 2.75) is 25.9 Å². The second kappa shape index (κ2) is 6.00. The molecule has 2 aromatic rings. The second-order valence-electron chi connectivity index (χ2n) is 5.31. The number of rotatable bonds is 2. The molecule has 1 atom stereocenters. The lowest BCUT2D eigenvalue weighted by Gasteiger charge is -2.25. The van der Waals surface area contributed by atoms with Gasteiger partial charge >= 0.3 is 0 Å². The number of carbonyl (C=O) groups is 1. The highest BCUT2D eigenvalue weighted by molar-refractivity contribution is 9.10. The summed E-state index contributed by atoms with van der Waals surface area (Å²) in [4.78, 5) is 12.5. The van der Waals surface area contributed by atoms with Crippen LogP contribution in [0, 0.1) is 6.92 Å². The van der Waals surface area contributed by atoms with Gasteiger partial charge in [-0.1, -0.05) is 46.3 Å². The molecule has 0 bridgehead atoms. The molecule has 2 N–H and O–H groups in total. The molecule has 3 rings (SSSR count). The van der Waals surface area contributed by atoms with E-state index in [2.05, 4.69) is 38.7 Å². The van der Waals surface area contributed by atoms with E-state index >= 15 is 0 Å². The summed E-state index contributed by atoms with van der Waals surface area (Å²) in [5.74, 6) is 0.0192. The van der Waals surface area contributed by atoms with Crippen molar-refractivity contribution < 1.29 is 4.79 Å². The molecule has 1 aliphatic rings. The Morgan fingerprint density at radius 1 is 1.19 bits per heavy atom. The fourth-order valence-corrected chi connectivity index (χ4v) is 2.97. The molecule has 0 saturated carbocycles. The average molecular weight is 345 g/mol. The smallest absolute Gasteiger partial charge is 0.241 e. The van der Waals surface area contributed by atoms with Crippen LogP contribution in [0.15, 0.2) is 46.9 Å². The lowest BCUT2D eigenvalue weighted by molar-refractivity contribution is -0.118. The molecule has 1 amide bonds. The van der Waals surface area contributed by atoms with Crippen molar-refractivity contribution in [3.63, 3.8) is 0 Å². The van der Waals surface area contributed by atoms with Gasteiger partial charge < -0.3 is 10.6 Å². The molecule has 0 fully saturated rings. The first-order chi connectivity index (χ1) is 10.1. The van der Waals surface area contributed by atoms with E-state index in [-0.39, 0.29) is 11.9 Å². The van der Waals surface area contributed by atoms with E-state index in [1.54, 1.807) is 0 Å². The maximum absolute atomic E-state index is 12.5. The molecule has 3 nitrogen and oxygen atoms in total. The van der Waals surface area contributed by atoms with Crippen LogP contribution in [0.5, 0.6) is 0 Å². The van der Waals surface area contributed by atoms with Gasteiger partial charge in [0.25, 0.3) is 0 Å². The van der Waals surface area contributed by atoms with Gasteiger partial charge in [-0.15, -0.1) is 0 Å². The largest absolute Gasteiger partial charge is 0.324 e. The molecule has 21 heavy (non-hydrogen) atoms. The molecule has 108 valence electrons. The number of hydrogen-bond acceptors (Lipinski definition) is 2. The summed E-state index contributed by atoms with van der Waals surface area (Å²) in [6.45, 7) is 2.73. The molecule has 0 aromatic heterocycles. The van der Waals surface area contributed by atoms with Crippen molar-refractivity contribution in [1.29, 1.82) is 0 Å².